The van der Waals surface area contributed by atoms with Gasteiger partial charge in [0.05, 0.1) is 11.2 Å². The van der Waals surface area contributed by atoms with E-state index in [-0.39, 0.29) is 0 Å². The van der Waals surface area contributed by atoms with E-state index in [0.717, 1.165) is 26.1 Å². The molecule has 2 aromatic rings. The second kappa shape index (κ2) is 3.66. The molecule has 0 aromatic carbocycles. The molecule has 0 atom stereocenters. The molecule has 0 bridgehead atoms. The number of rotatable bonds is 1. The van der Waals surface area contributed by atoms with Crippen molar-refractivity contribution in [3.8, 4) is 0 Å². The van der Waals surface area contributed by atoms with E-state index < -0.39 is 0 Å². The van der Waals surface area contributed by atoms with Gasteiger partial charge in [-0.2, -0.15) is 5.10 Å². The number of aromatic nitrogens is 2. The Morgan fingerprint density at radius 2 is 2.13 bits per heavy atom. The molecule has 1 saturated heterocycles. The van der Waals surface area contributed by atoms with Crippen molar-refractivity contribution in [1.82, 2.24) is 9.61 Å². The van der Waals surface area contributed by atoms with Crippen molar-refractivity contribution in [2.45, 2.75) is 18.8 Å². The van der Waals surface area contributed by atoms with Crippen LogP contribution >= 0.6 is 0 Å². The Morgan fingerprint density at radius 3 is 2.93 bits per heavy atom. The van der Waals surface area contributed by atoms with Gasteiger partial charge in [0.2, 0.25) is 0 Å². The molecular formula is C12H14N2O. The lowest BCUT2D eigenvalue weighted by molar-refractivity contribution is 0.0844. The van der Waals surface area contributed by atoms with Crippen LogP contribution in [0, 0.1) is 0 Å². The Bertz CT molecular complexity index is 424. The Balaban J connectivity index is 1.96. The van der Waals surface area contributed by atoms with Crippen LogP contribution in [-0.4, -0.2) is 22.8 Å². The molecule has 0 spiro atoms. The summed E-state index contributed by atoms with van der Waals surface area (Å²) in [6.45, 7) is 1.75. The van der Waals surface area contributed by atoms with Gasteiger partial charge in [0.25, 0.3) is 0 Å². The zero-order valence-corrected chi connectivity index (χ0v) is 8.60. The normalized spacial score (nSPS) is 18.4. The highest BCUT2D eigenvalue weighted by Crippen LogP contribution is 2.26. The summed E-state index contributed by atoms with van der Waals surface area (Å²) in [5.74, 6) is 0.582. The number of hydrogen-bond donors (Lipinski definition) is 0. The van der Waals surface area contributed by atoms with E-state index in [4.69, 9.17) is 4.74 Å². The number of ether oxygens (including phenoxy) is 1. The first-order valence-electron chi connectivity index (χ1n) is 5.45. The van der Waals surface area contributed by atoms with Crippen LogP contribution in [0.25, 0.3) is 5.52 Å². The lowest BCUT2D eigenvalue weighted by Crippen LogP contribution is -2.14. The predicted molar refractivity (Wildman–Crippen MR) is 58.0 cm³/mol. The molecule has 0 N–H and O–H groups in total. The third-order valence-corrected chi connectivity index (χ3v) is 3.03. The molecular weight excluding hydrogens is 188 g/mol. The van der Waals surface area contributed by atoms with Crippen molar-refractivity contribution >= 4 is 5.52 Å². The fraction of sp³-hybridized carbons (Fsp3) is 0.417. The third kappa shape index (κ3) is 1.63. The fourth-order valence-corrected chi connectivity index (χ4v) is 2.15. The highest BCUT2D eigenvalue weighted by atomic mass is 16.5. The van der Waals surface area contributed by atoms with Crippen molar-refractivity contribution < 1.29 is 4.74 Å². The lowest BCUT2D eigenvalue weighted by atomic mass is 9.97. The van der Waals surface area contributed by atoms with Crippen LogP contribution in [0.3, 0.4) is 0 Å². The summed E-state index contributed by atoms with van der Waals surface area (Å²) in [5.41, 5.74) is 2.39. The molecule has 0 unspecified atom stereocenters. The molecule has 1 aliphatic rings. The largest absolute Gasteiger partial charge is 0.381 e. The zero-order chi connectivity index (χ0) is 10.1. The van der Waals surface area contributed by atoms with E-state index in [2.05, 4.69) is 17.2 Å². The van der Waals surface area contributed by atoms with Gasteiger partial charge in [0, 0.05) is 25.3 Å². The number of hydrogen-bond acceptors (Lipinski definition) is 2. The van der Waals surface area contributed by atoms with E-state index in [1.165, 1.54) is 11.2 Å². The van der Waals surface area contributed by atoms with Crippen molar-refractivity contribution in [2.75, 3.05) is 13.2 Å². The molecule has 3 heteroatoms. The topological polar surface area (TPSA) is 26.5 Å². The SMILES string of the molecule is c1ccn2nc(C3CCOCC3)cc2c1. The second-order valence-electron chi connectivity index (χ2n) is 4.03. The van der Waals surface area contributed by atoms with Gasteiger partial charge in [-0.25, -0.2) is 4.52 Å². The summed E-state index contributed by atoms with van der Waals surface area (Å²) >= 11 is 0. The molecule has 0 saturated carbocycles. The van der Waals surface area contributed by atoms with E-state index in [1.54, 1.807) is 0 Å². The second-order valence-corrected chi connectivity index (χ2v) is 4.03. The molecule has 15 heavy (non-hydrogen) atoms. The van der Waals surface area contributed by atoms with E-state index in [0.29, 0.717) is 5.92 Å². The minimum absolute atomic E-state index is 0.582. The van der Waals surface area contributed by atoms with Crippen molar-refractivity contribution in [3.63, 3.8) is 0 Å². The molecule has 0 radical (unpaired) electrons. The molecule has 3 rings (SSSR count). The first kappa shape index (κ1) is 8.92. The number of pyridine rings is 1. The predicted octanol–water partition coefficient (Wildman–Crippen LogP) is 2.23. The Hall–Kier alpha value is -1.35. The molecule has 1 aliphatic heterocycles. The molecule has 3 heterocycles. The van der Waals surface area contributed by atoms with Crippen LogP contribution in [0.5, 0.6) is 0 Å². The Kier molecular flexibility index (Phi) is 2.18. The molecule has 0 aliphatic carbocycles. The van der Waals surface area contributed by atoms with Gasteiger partial charge in [-0.15, -0.1) is 0 Å². The fourth-order valence-electron chi connectivity index (χ4n) is 2.15. The van der Waals surface area contributed by atoms with Crippen LogP contribution in [0.2, 0.25) is 0 Å². The third-order valence-electron chi connectivity index (χ3n) is 3.03. The summed E-state index contributed by atoms with van der Waals surface area (Å²) in [6.07, 6.45) is 4.20. The van der Waals surface area contributed by atoms with Crippen LogP contribution < -0.4 is 0 Å². The van der Waals surface area contributed by atoms with Gasteiger partial charge in [0.15, 0.2) is 0 Å². The van der Waals surface area contributed by atoms with Gasteiger partial charge < -0.3 is 4.74 Å². The maximum atomic E-state index is 5.36. The quantitative estimate of drug-likeness (QED) is 0.709. The molecule has 3 nitrogen and oxygen atoms in total. The molecule has 2 aromatic heterocycles. The molecule has 78 valence electrons. The van der Waals surface area contributed by atoms with Crippen LogP contribution in [0.1, 0.15) is 24.5 Å². The summed E-state index contributed by atoms with van der Waals surface area (Å²) in [7, 11) is 0. The van der Waals surface area contributed by atoms with Crippen molar-refractivity contribution in [2.24, 2.45) is 0 Å². The number of nitrogens with zero attached hydrogens (tertiary/aromatic N) is 2. The first-order chi connectivity index (χ1) is 7.43. The van der Waals surface area contributed by atoms with Crippen LogP contribution in [0.4, 0.5) is 0 Å². The summed E-state index contributed by atoms with van der Waals surface area (Å²) < 4.78 is 7.31. The molecule has 1 fully saturated rings. The van der Waals surface area contributed by atoms with Gasteiger partial charge in [0.1, 0.15) is 0 Å². The molecule has 0 amide bonds. The first-order valence-corrected chi connectivity index (χ1v) is 5.45. The zero-order valence-electron chi connectivity index (χ0n) is 8.60. The average molecular weight is 202 g/mol. The van der Waals surface area contributed by atoms with Crippen LogP contribution in [-0.2, 0) is 4.74 Å². The maximum Gasteiger partial charge on any atom is 0.0667 e. The highest BCUT2D eigenvalue weighted by molar-refractivity contribution is 5.47. The highest BCUT2D eigenvalue weighted by Gasteiger charge is 2.18. The summed E-state index contributed by atoms with van der Waals surface area (Å²) in [6, 6.07) is 8.34. The summed E-state index contributed by atoms with van der Waals surface area (Å²) in [5, 5.41) is 4.60. The van der Waals surface area contributed by atoms with Gasteiger partial charge in [-0.05, 0) is 31.0 Å². The Morgan fingerprint density at radius 1 is 1.27 bits per heavy atom. The minimum Gasteiger partial charge on any atom is -0.381 e. The maximum absolute atomic E-state index is 5.36. The van der Waals surface area contributed by atoms with Gasteiger partial charge >= 0.3 is 0 Å². The van der Waals surface area contributed by atoms with E-state index in [1.807, 2.05) is 22.8 Å². The van der Waals surface area contributed by atoms with Crippen LogP contribution in [0.15, 0.2) is 30.5 Å². The van der Waals surface area contributed by atoms with E-state index >= 15 is 0 Å². The Labute approximate surface area is 88.7 Å². The van der Waals surface area contributed by atoms with Crippen molar-refractivity contribution in [3.05, 3.63) is 36.2 Å². The smallest absolute Gasteiger partial charge is 0.0667 e. The van der Waals surface area contributed by atoms with E-state index in [9.17, 15) is 0 Å². The minimum atomic E-state index is 0.582. The standard InChI is InChI=1S/C12H14N2O/c1-2-6-14-11(3-1)9-12(13-14)10-4-7-15-8-5-10/h1-3,6,9-10H,4-5,7-8H2. The average Bonchev–Trinajstić information content (AvgIpc) is 2.74. The monoisotopic (exact) mass is 202 g/mol. The van der Waals surface area contributed by atoms with Crippen molar-refractivity contribution in [1.29, 1.82) is 0 Å². The number of fused-ring (bicyclic) bond motifs is 1. The summed E-state index contributed by atoms with van der Waals surface area (Å²) in [4.78, 5) is 0. The lowest BCUT2D eigenvalue weighted by Gasteiger charge is -2.19. The van der Waals surface area contributed by atoms with Gasteiger partial charge in [-0.1, -0.05) is 6.07 Å². The van der Waals surface area contributed by atoms with Gasteiger partial charge in [-0.3, -0.25) is 0 Å².